The summed E-state index contributed by atoms with van der Waals surface area (Å²) in [6.45, 7) is 1.99. The zero-order valence-electron chi connectivity index (χ0n) is 7.49. The number of pyridine rings is 1. The maximum atomic E-state index is 4.39. The highest BCUT2D eigenvalue weighted by Crippen LogP contribution is 2.02. The molecule has 1 N–H and O–H groups in total. The molecule has 66 valence electrons. The second-order valence-electron chi connectivity index (χ2n) is 2.98. The Kier molecular flexibility index (Phi) is 2.08. The molecule has 2 aromatic heterocycles. The van der Waals surface area contributed by atoms with Gasteiger partial charge in [0.2, 0.25) is 0 Å². The summed E-state index contributed by atoms with van der Waals surface area (Å²) >= 11 is 0. The molecule has 0 bridgehead atoms. The first kappa shape index (κ1) is 7.98. The summed E-state index contributed by atoms with van der Waals surface area (Å²) in [5.41, 5.74) is 2.10. The largest absolute Gasteiger partial charge is 0.348 e. The van der Waals surface area contributed by atoms with Crippen LogP contribution in [0.15, 0.2) is 30.6 Å². The fourth-order valence-corrected chi connectivity index (χ4v) is 1.26. The summed E-state index contributed by atoms with van der Waals surface area (Å²) in [6.07, 6.45) is 4.35. The van der Waals surface area contributed by atoms with Crippen LogP contribution in [0.4, 0.5) is 0 Å². The van der Waals surface area contributed by atoms with Gasteiger partial charge in [-0.1, -0.05) is 6.07 Å². The summed E-state index contributed by atoms with van der Waals surface area (Å²) in [5, 5.41) is 0. The van der Waals surface area contributed by atoms with Gasteiger partial charge in [-0.25, -0.2) is 4.98 Å². The van der Waals surface area contributed by atoms with Gasteiger partial charge in [0.25, 0.3) is 0 Å². The van der Waals surface area contributed by atoms with Gasteiger partial charge in [0.15, 0.2) is 0 Å². The van der Waals surface area contributed by atoms with Crippen molar-refractivity contribution in [2.24, 2.45) is 0 Å². The maximum absolute atomic E-state index is 4.39. The third-order valence-corrected chi connectivity index (χ3v) is 1.85. The lowest BCUT2D eigenvalue weighted by Crippen LogP contribution is -1.94. The highest BCUT2D eigenvalue weighted by molar-refractivity contribution is 5.13. The molecule has 0 radical (unpaired) electrons. The zero-order valence-corrected chi connectivity index (χ0v) is 7.49. The minimum Gasteiger partial charge on any atom is -0.348 e. The Morgan fingerprint density at radius 2 is 2.31 bits per heavy atom. The number of hydrogen-bond donors (Lipinski definition) is 1. The van der Waals surface area contributed by atoms with E-state index in [4.69, 9.17) is 0 Å². The molecular formula is C10H11N3. The Morgan fingerprint density at radius 3 is 3.00 bits per heavy atom. The molecule has 0 aliphatic heterocycles. The normalized spacial score (nSPS) is 10.2. The number of rotatable bonds is 2. The van der Waals surface area contributed by atoms with Crippen molar-refractivity contribution in [3.63, 3.8) is 0 Å². The quantitative estimate of drug-likeness (QED) is 0.751. The number of H-pyrrole nitrogens is 1. The summed E-state index contributed by atoms with van der Waals surface area (Å²) in [7, 11) is 0. The molecule has 0 fully saturated rings. The molecule has 0 aliphatic carbocycles. The minimum absolute atomic E-state index is 0.773. The van der Waals surface area contributed by atoms with E-state index in [2.05, 4.69) is 15.0 Å². The zero-order chi connectivity index (χ0) is 9.10. The molecule has 2 heterocycles. The molecule has 13 heavy (non-hydrogen) atoms. The first-order valence-electron chi connectivity index (χ1n) is 4.25. The van der Waals surface area contributed by atoms with E-state index in [0.717, 1.165) is 23.6 Å². The minimum atomic E-state index is 0.773. The van der Waals surface area contributed by atoms with Crippen LogP contribution in [0.1, 0.15) is 17.2 Å². The lowest BCUT2D eigenvalue weighted by molar-refractivity contribution is 0.962. The van der Waals surface area contributed by atoms with Gasteiger partial charge in [-0.3, -0.25) is 4.98 Å². The third-order valence-electron chi connectivity index (χ3n) is 1.85. The molecule has 0 aromatic carbocycles. The summed E-state index contributed by atoms with van der Waals surface area (Å²) in [4.78, 5) is 11.6. The molecule has 2 rings (SSSR count). The molecule has 2 aromatic rings. The molecule has 0 saturated heterocycles. The maximum Gasteiger partial charge on any atom is 0.112 e. The second kappa shape index (κ2) is 3.39. The van der Waals surface area contributed by atoms with Crippen molar-refractivity contribution in [1.29, 1.82) is 0 Å². The number of nitrogens with zero attached hydrogens (tertiary/aromatic N) is 2. The van der Waals surface area contributed by atoms with Crippen molar-refractivity contribution in [2.45, 2.75) is 13.3 Å². The van der Waals surface area contributed by atoms with Crippen LogP contribution in [0.25, 0.3) is 0 Å². The number of aryl methyl sites for hydroxylation is 1. The van der Waals surface area contributed by atoms with E-state index in [0.29, 0.717) is 0 Å². The standard InChI is InChI=1S/C10H11N3/c1-8-3-2-4-9(13-8)7-10-11-5-6-12-10/h2-6H,7H2,1H3,(H,11,12). The van der Waals surface area contributed by atoms with E-state index in [1.54, 1.807) is 6.20 Å². The van der Waals surface area contributed by atoms with Gasteiger partial charge < -0.3 is 4.98 Å². The van der Waals surface area contributed by atoms with Gasteiger partial charge in [-0.15, -0.1) is 0 Å². The fourth-order valence-electron chi connectivity index (χ4n) is 1.26. The van der Waals surface area contributed by atoms with Crippen LogP contribution in [0.3, 0.4) is 0 Å². The van der Waals surface area contributed by atoms with Crippen LogP contribution in [-0.4, -0.2) is 15.0 Å². The van der Waals surface area contributed by atoms with Crippen LogP contribution in [0.5, 0.6) is 0 Å². The predicted molar refractivity (Wildman–Crippen MR) is 50.4 cm³/mol. The first-order chi connectivity index (χ1) is 6.34. The van der Waals surface area contributed by atoms with Gasteiger partial charge in [0.1, 0.15) is 5.82 Å². The van der Waals surface area contributed by atoms with Crippen LogP contribution in [-0.2, 0) is 6.42 Å². The van der Waals surface area contributed by atoms with E-state index >= 15 is 0 Å². The number of aromatic amines is 1. The van der Waals surface area contributed by atoms with Gasteiger partial charge in [0.05, 0.1) is 0 Å². The van der Waals surface area contributed by atoms with Crippen molar-refractivity contribution in [2.75, 3.05) is 0 Å². The molecular weight excluding hydrogens is 162 g/mol. The first-order valence-corrected chi connectivity index (χ1v) is 4.25. The van der Waals surface area contributed by atoms with Crippen LogP contribution < -0.4 is 0 Å². The van der Waals surface area contributed by atoms with Crippen molar-refractivity contribution in [3.05, 3.63) is 47.8 Å². The third kappa shape index (κ3) is 1.93. The molecule has 0 amide bonds. The number of hydrogen-bond acceptors (Lipinski definition) is 2. The molecule has 3 heteroatoms. The Morgan fingerprint density at radius 1 is 1.38 bits per heavy atom. The molecule has 0 atom stereocenters. The summed E-state index contributed by atoms with van der Waals surface area (Å²) in [5.74, 6) is 0.957. The van der Waals surface area contributed by atoms with Gasteiger partial charge in [-0.2, -0.15) is 0 Å². The van der Waals surface area contributed by atoms with E-state index in [9.17, 15) is 0 Å². The van der Waals surface area contributed by atoms with E-state index in [-0.39, 0.29) is 0 Å². The van der Waals surface area contributed by atoms with Gasteiger partial charge in [0, 0.05) is 30.2 Å². The lowest BCUT2D eigenvalue weighted by atomic mass is 10.2. The van der Waals surface area contributed by atoms with E-state index in [1.807, 2.05) is 31.3 Å². The Bertz CT molecular complexity index is 379. The van der Waals surface area contributed by atoms with Crippen molar-refractivity contribution in [1.82, 2.24) is 15.0 Å². The van der Waals surface area contributed by atoms with E-state index in [1.165, 1.54) is 0 Å². The molecule has 0 saturated carbocycles. The number of nitrogens with one attached hydrogen (secondary N) is 1. The second-order valence-corrected chi connectivity index (χ2v) is 2.98. The molecule has 3 nitrogen and oxygen atoms in total. The predicted octanol–water partition coefficient (Wildman–Crippen LogP) is 1.70. The average Bonchev–Trinajstić information content (AvgIpc) is 2.57. The highest BCUT2D eigenvalue weighted by atomic mass is 14.9. The molecule has 0 aliphatic rings. The molecule has 0 unspecified atom stereocenters. The lowest BCUT2D eigenvalue weighted by Gasteiger charge is -1.98. The summed E-state index contributed by atoms with van der Waals surface area (Å²) < 4.78 is 0. The molecule has 0 spiro atoms. The summed E-state index contributed by atoms with van der Waals surface area (Å²) in [6, 6.07) is 6.02. The monoisotopic (exact) mass is 173 g/mol. The van der Waals surface area contributed by atoms with Gasteiger partial charge in [-0.05, 0) is 19.1 Å². The van der Waals surface area contributed by atoms with Crippen molar-refractivity contribution in [3.8, 4) is 0 Å². The van der Waals surface area contributed by atoms with Crippen molar-refractivity contribution >= 4 is 0 Å². The Balaban J connectivity index is 2.19. The number of imidazole rings is 1. The van der Waals surface area contributed by atoms with E-state index < -0.39 is 0 Å². The fraction of sp³-hybridized carbons (Fsp3) is 0.200. The Labute approximate surface area is 76.9 Å². The topological polar surface area (TPSA) is 41.6 Å². The van der Waals surface area contributed by atoms with Gasteiger partial charge >= 0.3 is 0 Å². The smallest absolute Gasteiger partial charge is 0.112 e. The Hall–Kier alpha value is -1.64. The van der Waals surface area contributed by atoms with Crippen molar-refractivity contribution < 1.29 is 0 Å². The SMILES string of the molecule is Cc1cccc(Cc2ncc[nH]2)n1. The van der Waals surface area contributed by atoms with Crippen LogP contribution in [0, 0.1) is 6.92 Å². The van der Waals surface area contributed by atoms with Crippen LogP contribution in [0.2, 0.25) is 0 Å². The highest BCUT2D eigenvalue weighted by Gasteiger charge is 1.98. The average molecular weight is 173 g/mol. The van der Waals surface area contributed by atoms with Crippen LogP contribution >= 0.6 is 0 Å². The number of aromatic nitrogens is 3.